The van der Waals surface area contributed by atoms with Gasteiger partial charge in [0.2, 0.25) is 0 Å². The lowest BCUT2D eigenvalue weighted by molar-refractivity contribution is -0.00832. The number of aliphatic hydroxyl groups is 1. The van der Waals surface area contributed by atoms with E-state index in [0.717, 1.165) is 24.2 Å². The number of carbonyl (C=O) groups is 2. The Morgan fingerprint density at radius 3 is 2.64 bits per heavy atom. The largest absolute Gasteiger partial charge is 0.490 e. The van der Waals surface area contributed by atoms with Crippen molar-refractivity contribution in [3.8, 4) is 5.75 Å². The summed E-state index contributed by atoms with van der Waals surface area (Å²) in [5, 5.41) is 21.3. The molecular formula is C32H45N5O8S2. The Kier molecular flexibility index (Phi) is 12.4. The molecule has 3 heterocycles. The number of rotatable bonds is 8. The molecule has 0 saturated heterocycles. The average Bonchev–Trinajstić information content (AvgIpc) is 3.69. The van der Waals surface area contributed by atoms with Crippen LogP contribution in [0.2, 0.25) is 0 Å². The van der Waals surface area contributed by atoms with Crippen LogP contribution < -0.4 is 15.4 Å². The van der Waals surface area contributed by atoms with Gasteiger partial charge in [-0.1, -0.05) is 18.1 Å². The zero-order valence-corrected chi connectivity index (χ0v) is 29.3. The molecule has 3 N–H and O–H groups in total. The summed E-state index contributed by atoms with van der Waals surface area (Å²) in [4.78, 5) is 28.8. The Hall–Kier alpha value is -3.50. The number of nitrogens with one attached hydrogen (secondary N) is 2. The van der Waals surface area contributed by atoms with E-state index in [9.17, 15) is 23.1 Å². The number of hydrogen-bond acceptors (Lipinski definition) is 10. The molecule has 3 amide bonds. The van der Waals surface area contributed by atoms with E-state index in [1.807, 2.05) is 13.8 Å². The number of likely N-dealkylation sites (N-methyl/N-ethyl adjacent to an activating group) is 1. The Morgan fingerprint density at radius 2 is 1.98 bits per heavy atom. The van der Waals surface area contributed by atoms with Crippen molar-refractivity contribution in [2.45, 2.75) is 76.3 Å². The second-order valence-corrected chi connectivity index (χ2v) is 15.2. The molecule has 3 aromatic rings. The lowest BCUT2D eigenvalue weighted by Crippen LogP contribution is -2.48. The second-order valence-electron chi connectivity index (χ2n) is 12.0. The van der Waals surface area contributed by atoms with E-state index in [0.29, 0.717) is 41.6 Å². The van der Waals surface area contributed by atoms with Crippen molar-refractivity contribution < 1.29 is 37.1 Å². The van der Waals surface area contributed by atoms with Crippen molar-refractivity contribution in [3.63, 3.8) is 0 Å². The summed E-state index contributed by atoms with van der Waals surface area (Å²) in [5.41, 5.74) is 1.55. The van der Waals surface area contributed by atoms with E-state index in [-0.39, 0.29) is 41.5 Å². The van der Waals surface area contributed by atoms with Gasteiger partial charge in [-0.15, -0.1) is 11.3 Å². The molecule has 1 aliphatic rings. The van der Waals surface area contributed by atoms with E-state index < -0.39 is 34.1 Å². The van der Waals surface area contributed by atoms with Crippen LogP contribution in [0.1, 0.15) is 61.8 Å². The minimum absolute atomic E-state index is 0.0847. The minimum Gasteiger partial charge on any atom is -0.490 e. The van der Waals surface area contributed by atoms with E-state index >= 15 is 0 Å². The van der Waals surface area contributed by atoms with Crippen LogP contribution in [-0.4, -0.2) is 91.4 Å². The molecule has 0 saturated carbocycles. The standard InChI is InChI=1S/C32H45N5O8S2/c1-20-17-37(21(2)19-38)31(39)26-16-25(33-32(40)34-30-23(4)35-45-24(30)5)12-13-27(26)44-22(3)10-7-8-14-43-28(20)18-36(6)47(41,42)29-11-9-15-46-29/h9,11-13,15-16,20-22,28,38H,7-8,10,14,17-19H2,1-6H3,(H2,33,34,40)/t20-,21+,22+,28-/m1/s1. The Balaban J connectivity index is 1.63. The molecule has 258 valence electrons. The number of anilines is 2. The number of aryl methyl sites for hydroxylation is 2. The predicted molar refractivity (Wildman–Crippen MR) is 180 cm³/mol. The van der Waals surface area contributed by atoms with E-state index in [1.165, 1.54) is 11.4 Å². The SMILES string of the molecule is Cc1noc(C)c1NC(=O)Nc1ccc2c(c1)C(=O)N([C@@H](C)CO)C[C@@H](C)[C@@H](CN(C)S(=O)(=O)c1cccs1)OCCCC[C@H](C)O2. The fourth-order valence-electron chi connectivity index (χ4n) is 5.32. The van der Waals surface area contributed by atoms with Gasteiger partial charge in [-0.05, 0) is 76.6 Å². The number of benzene rings is 1. The summed E-state index contributed by atoms with van der Waals surface area (Å²) in [6.45, 7) is 9.33. The van der Waals surface area contributed by atoms with Crippen molar-refractivity contribution in [2.75, 3.05) is 44.0 Å². The highest BCUT2D eigenvalue weighted by Crippen LogP contribution is 2.29. The van der Waals surface area contributed by atoms with Crippen LogP contribution in [-0.2, 0) is 14.8 Å². The van der Waals surface area contributed by atoms with Gasteiger partial charge < -0.3 is 34.6 Å². The Bertz CT molecular complexity index is 1590. The zero-order valence-electron chi connectivity index (χ0n) is 27.7. The van der Waals surface area contributed by atoms with E-state index in [1.54, 1.807) is 61.4 Å². The van der Waals surface area contributed by atoms with Gasteiger partial charge in [-0.25, -0.2) is 13.2 Å². The maximum absolute atomic E-state index is 14.3. The highest BCUT2D eigenvalue weighted by molar-refractivity contribution is 7.91. The summed E-state index contributed by atoms with van der Waals surface area (Å²) in [6, 6.07) is 7.00. The third-order valence-electron chi connectivity index (χ3n) is 8.18. The van der Waals surface area contributed by atoms with Crippen molar-refractivity contribution in [1.82, 2.24) is 14.4 Å². The molecule has 2 aromatic heterocycles. The van der Waals surface area contributed by atoms with Crippen LogP contribution in [0, 0.1) is 19.8 Å². The molecule has 47 heavy (non-hydrogen) atoms. The van der Waals surface area contributed by atoms with E-state index in [2.05, 4.69) is 15.8 Å². The van der Waals surface area contributed by atoms with Gasteiger partial charge in [0, 0.05) is 38.3 Å². The molecule has 0 bridgehead atoms. The number of nitrogens with zero attached hydrogens (tertiary/aromatic N) is 3. The monoisotopic (exact) mass is 691 g/mol. The maximum Gasteiger partial charge on any atom is 0.323 e. The van der Waals surface area contributed by atoms with Gasteiger partial charge in [0.15, 0.2) is 5.76 Å². The van der Waals surface area contributed by atoms with Crippen LogP contribution in [0.5, 0.6) is 5.75 Å². The third-order valence-corrected chi connectivity index (χ3v) is 11.4. The van der Waals surface area contributed by atoms with Crippen molar-refractivity contribution in [1.29, 1.82) is 0 Å². The molecule has 4 rings (SSSR count). The first-order chi connectivity index (χ1) is 22.3. The second kappa shape index (κ2) is 16.1. The first-order valence-corrected chi connectivity index (χ1v) is 18.0. The third kappa shape index (κ3) is 9.11. The molecule has 1 aromatic carbocycles. The van der Waals surface area contributed by atoms with Gasteiger partial charge in [0.1, 0.15) is 21.3 Å². The fourth-order valence-corrected chi connectivity index (χ4v) is 7.70. The molecule has 13 nitrogen and oxygen atoms in total. The van der Waals surface area contributed by atoms with Gasteiger partial charge in [0.05, 0.1) is 30.4 Å². The van der Waals surface area contributed by atoms with Gasteiger partial charge >= 0.3 is 6.03 Å². The van der Waals surface area contributed by atoms with Gasteiger partial charge in [0.25, 0.3) is 15.9 Å². The number of fused-ring (bicyclic) bond motifs is 1. The summed E-state index contributed by atoms with van der Waals surface area (Å²) in [6.07, 6.45) is 1.47. The highest BCUT2D eigenvalue weighted by Gasteiger charge is 2.32. The molecule has 0 fully saturated rings. The van der Waals surface area contributed by atoms with E-state index in [4.69, 9.17) is 14.0 Å². The first kappa shape index (κ1) is 36.3. The van der Waals surface area contributed by atoms with Crippen LogP contribution in [0.3, 0.4) is 0 Å². The molecule has 4 atom stereocenters. The summed E-state index contributed by atoms with van der Waals surface area (Å²) < 4.78 is 45.7. The number of amides is 3. The van der Waals surface area contributed by atoms with Gasteiger partial charge in [-0.3, -0.25) is 4.79 Å². The number of aromatic nitrogens is 1. The minimum atomic E-state index is -3.72. The molecule has 1 aliphatic heterocycles. The quantitative estimate of drug-likeness (QED) is 0.291. The van der Waals surface area contributed by atoms with Crippen LogP contribution >= 0.6 is 11.3 Å². The van der Waals surface area contributed by atoms with Crippen molar-refractivity contribution in [2.24, 2.45) is 5.92 Å². The fraction of sp³-hybridized carbons (Fsp3) is 0.531. The molecular weight excluding hydrogens is 647 g/mol. The number of urea groups is 1. The summed E-state index contributed by atoms with van der Waals surface area (Å²) in [7, 11) is -2.19. The molecule has 0 radical (unpaired) electrons. The van der Waals surface area contributed by atoms with Crippen LogP contribution in [0.15, 0.2) is 44.4 Å². The van der Waals surface area contributed by atoms with Crippen molar-refractivity contribution in [3.05, 3.63) is 52.7 Å². The lowest BCUT2D eigenvalue weighted by atomic mass is 10.0. The highest BCUT2D eigenvalue weighted by atomic mass is 32.2. The van der Waals surface area contributed by atoms with Crippen LogP contribution in [0.4, 0.5) is 16.2 Å². The molecule has 0 aliphatic carbocycles. The smallest absolute Gasteiger partial charge is 0.323 e. The Labute approximate surface area is 280 Å². The topological polar surface area (TPSA) is 164 Å². The van der Waals surface area contributed by atoms with Crippen LogP contribution in [0.25, 0.3) is 0 Å². The number of thiophene rings is 1. The van der Waals surface area contributed by atoms with Gasteiger partial charge in [-0.2, -0.15) is 4.31 Å². The number of sulfonamides is 1. The molecule has 0 unspecified atom stereocenters. The predicted octanol–water partition coefficient (Wildman–Crippen LogP) is 5.11. The number of aliphatic hydroxyl groups excluding tert-OH is 1. The maximum atomic E-state index is 14.3. The molecule has 15 heteroatoms. The normalized spacial score (nSPS) is 20.6. The average molecular weight is 692 g/mol. The Morgan fingerprint density at radius 1 is 1.21 bits per heavy atom. The lowest BCUT2D eigenvalue weighted by Gasteiger charge is -2.35. The number of hydrogen-bond donors (Lipinski definition) is 3. The summed E-state index contributed by atoms with van der Waals surface area (Å²) >= 11 is 1.15. The number of carbonyl (C=O) groups excluding carboxylic acids is 2. The van der Waals surface area contributed by atoms with Crippen molar-refractivity contribution >= 4 is 44.7 Å². The molecule has 0 spiro atoms. The summed E-state index contributed by atoms with van der Waals surface area (Å²) in [5.74, 6) is 0.0847. The number of ether oxygens (including phenoxy) is 2. The zero-order chi connectivity index (χ0) is 34.3. The first-order valence-electron chi connectivity index (χ1n) is 15.7.